The summed E-state index contributed by atoms with van der Waals surface area (Å²) in [6, 6.07) is 5.86. The maximum atomic E-state index is 14.4. The molecule has 0 aliphatic rings. The average Bonchev–Trinajstić information content (AvgIpc) is 2.72. The molecule has 1 atom stereocenters. The molecule has 2 aromatic carbocycles. The molecule has 164 valence electrons. The fourth-order valence-electron chi connectivity index (χ4n) is 3.14. The lowest BCUT2D eigenvalue weighted by Gasteiger charge is -2.23. The second-order valence-electron chi connectivity index (χ2n) is 6.58. The van der Waals surface area contributed by atoms with Crippen molar-refractivity contribution >= 4 is 15.9 Å². The number of aliphatic hydroxyl groups excluding tert-OH is 2. The zero-order valence-electron chi connectivity index (χ0n) is 16.0. The molecule has 0 radical (unpaired) electrons. The van der Waals surface area contributed by atoms with Gasteiger partial charge in [0.25, 0.3) is 5.56 Å². The van der Waals surface area contributed by atoms with Gasteiger partial charge in [0.15, 0.2) is 0 Å². The molecule has 0 amide bonds. The molecule has 0 saturated heterocycles. The minimum atomic E-state index is -1.59. The zero-order chi connectivity index (χ0) is 22.9. The van der Waals surface area contributed by atoms with Crippen LogP contribution in [-0.4, -0.2) is 21.4 Å². The molecule has 5 nitrogen and oxygen atoms in total. The van der Waals surface area contributed by atoms with Crippen LogP contribution in [0.4, 0.5) is 17.6 Å². The molecule has 0 spiro atoms. The highest BCUT2D eigenvalue weighted by atomic mass is 79.9. The predicted octanol–water partition coefficient (Wildman–Crippen LogP) is 4.07. The van der Waals surface area contributed by atoms with Crippen molar-refractivity contribution in [3.63, 3.8) is 0 Å². The van der Waals surface area contributed by atoms with E-state index in [4.69, 9.17) is 4.74 Å². The second kappa shape index (κ2) is 9.21. The summed E-state index contributed by atoms with van der Waals surface area (Å²) in [4.78, 5) is 12.9. The van der Waals surface area contributed by atoms with Crippen LogP contribution >= 0.6 is 15.9 Å². The largest absolute Gasteiger partial charge is 0.487 e. The number of hydrogen-bond donors (Lipinski definition) is 2. The Balaban J connectivity index is 2.20. The van der Waals surface area contributed by atoms with Crippen LogP contribution in [0, 0.1) is 30.2 Å². The number of rotatable bonds is 6. The molecule has 1 heterocycles. The van der Waals surface area contributed by atoms with Crippen molar-refractivity contribution in [3.05, 3.63) is 91.3 Å². The molecule has 0 fully saturated rings. The van der Waals surface area contributed by atoms with E-state index in [1.807, 2.05) is 0 Å². The summed E-state index contributed by atoms with van der Waals surface area (Å²) in [5.74, 6) is -3.98. The number of ether oxygens (including phenoxy) is 1. The molecule has 2 N–H and O–H groups in total. The van der Waals surface area contributed by atoms with Crippen LogP contribution in [-0.2, 0) is 6.61 Å². The maximum Gasteiger partial charge on any atom is 0.273 e. The molecule has 1 unspecified atom stereocenters. The molecule has 0 aliphatic carbocycles. The van der Waals surface area contributed by atoms with Crippen molar-refractivity contribution in [2.75, 3.05) is 6.61 Å². The number of aliphatic hydroxyl groups is 2. The third-order valence-corrected chi connectivity index (χ3v) is 5.31. The van der Waals surface area contributed by atoms with Gasteiger partial charge in [-0.1, -0.05) is 6.07 Å². The van der Waals surface area contributed by atoms with Gasteiger partial charge in [0.1, 0.15) is 51.9 Å². The highest BCUT2D eigenvalue weighted by molar-refractivity contribution is 9.10. The summed E-state index contributed by atoms with van der Waals surface area (Å²) < 4.78 is 61.7. The van der Waals surface area contributed by atoms with E-state index in [-0.39, 0.29) is 27.0 Å². The van der Waals surface area contributed by atoms with Gasteiger partial charge >= 0.3 is 0 Å². The van der Waals surface area contributed by atoms with Crippen molar-refractivity contribution in [2.24, 2.45) is 0 Å². The maximum absolute atomic E-state index is 14.4. The first-order valence-electron chi connectivity index (χ1n) is 8.92. The zero-order valence-corrected chi connectivity index (χ0v) is 17.6. The van der Waals surface area contributed by atoms with Crippen LogP contribution in [0.15, 0.2) is 45.7 Å². The monoisotopic (exact) mass is 501 g/mol. The summed E-state index contributed by atoms with van der Waals surface area (Å²) in [5.41, 5.74) is -1.87. The third kappa shape index (κ3) is 4.36. The van der Waals surface area contributed by atoms with E-state index < -0.39 is 53.8 Å². The van der Waals surface area contributed by atoms with Crippen molar-refractivity contribution in [1.29, 1.82) is 0 Å². The Morgan fingerprint density at radius 2 is 1.74 bits per heavy atom. The molecule has 3 aromatic rings. The highest BCUT2D eigenvalue weighted by Gasteiger charge is 2.27. The van der Waals surface area contributed by atoms with E-state index in [0.29, 0.717) is 10.6 Å². The Bertz CT molecular complexity index is 1180. The van der Waals surface area contributed by atoms with Gasteiger partial charge in [-0.15, -0.1) is 0 Å². The lowest BCUT2D eigenvalue weighted by atomic mass is 10.1. The quantitative estimate of drug-likeness (QED) is 0.499. The number of halogens is 5. The Morgan fingerprint density at radius 1 is 1.10 bits per heavy atom. The number of hydrogen-bond acceptors (Lipinski definition) is 4. The topological polar surface area (TPSA) is 71.7 Å². The number of aromatic nitrogens is 1. The van der Waals surface area contributed by atoms with Crippen LogP contribution in [0.3, 0.4) is 0 Å². The normalized spacial score (nSPS) is 12.1. The first-order chi connectivity index (χ1) is 14.7. The minimum Gasteiger partial charge on any atom is -0.487 e. The van der Waals surface area contributed by atoms with Crippen LogP contribution in [0.25, 0.3) is 5.69 Å². The van der Waals surface area contributed by atoms with E-state index in [2.05, 4.69) is 15.9 Å². The minimum absolute atomic E-state index is 0.0419. The van der Waals surface area contributed by atoms with Gasteiger partial charge in [-0.25, -0.2) is 17.6 Å². The summed E-state index contributed by atoms with van der Waals surface area (Å²) in [6.45, 7) is 0.0542. The summed E-state index contributed by atoms with van der Waals surface area (Å²) in [7, 11) is 0. The average molecular weight is 502 g/mol. The van der Waals surface area contributed by atoms with Gasteiger partial charge in [0.05, 0.1) is 6.61 Å². The molecular weight excluding hydrogens is 486 g/mol. The summed E-state index contributed by atoms with van der Waals surface area (Å²) >= 11 is 3.01. The Kier molecular flexibility index (Phi) is 6.83. The van der Waals surface area contributed by atoms with E-state index in [9.17, 15) is 32.6 Å². The molecule has 1 aromatic heterocycles. The van der Waals surface area contributed by atoms with E-state index in [1.165, 1.54) is 6.92 Å². The number of para-hydroxylation sites is 1. The predicted molar refractivity (Wildman–Crippen MR) is 107 cm³/mol. The van der Waals surface area contributed by atoms with Crippen molar-refractivity contribution in [2.45, 2.75) is 19.6 Å². The van der Waals surface area contributed by atoms with E-state index in [1.54, 1.807) is 0 Å². The van der Waals surface area contributed by atoms with Crippen LogP contribution in [0.2, 0.25) is 0 Å². The smallest absolute Gasteiger partial charge is 0.273 e. The van der Waals surface area contributed by atoms with Gasteiger partial charge < -0.3 is 14.9 Å². The molecule has 3 rings (SSSR count). The van der Waals surface area contributed by atoms with Gasteiger partial charge in [-0.2, -0.15) is 0 Å². The van der Waals surface area contributed by atoms with Gasteiger partial charge in [0.2, 0.25) is 0 Å². The van der Waals surface area contributed by atoms with Crippen LogP contribution in [0.1, 0.15) is 22.9 Å². The Hall–Kier alpha value is -2.69. The first kappa shape index (κ1) is 23.0. The fourth-order valence-corrected chi connectivity index (χ4v) is 3.64. The van der Waals surface area contributed by atoms with Gasteiger partial charge in [-0.3, -0.25) is 9.36 Å². The molecule has 31 heavy (non-hydrogen) atoms. The number of benzene rings is 2. The molecule has 0 saturated carbocycles. The van der Waals surface area contributed by atoms with Gasteiger partial charge in [-0.05, 0) is 47.1 Å². The van der Waals surface area contributed by atoms with Crippen LogP contribution in [0.5, 0.6) is 5.75 Å². The fraction of sp³-hybridized carbons (Fsp3) is 0.190. The Labute approximate surface area is 182 Å². The lowest BCUT2D eigenvalue weighted by molar-refractivity contribution is 0.0909. The van der Waals surface area contributed by atoms with Crippen molar-refractivity contribution in [1.82, 2.24) is 4.57 Å². The Morgan fingerprint density at radius 3 is 2.32 bits per heavy atom. The number of nitrogens with zero attached hydrogens (tertiary/aromatic N) is 1. The molecular formula is C21H16BrF4NO4. The summed E-state index contributed by atoms with van der Waals surface area (Å²) in [6.07, 6.45) is -1.59. The molecule has 10 heteroatoms. The highest BCUT2D eigenvalue weighted by Crippen LogP contribution is 2.35. The number of pyridine rings is 1. The van der Waals surface area contributed by atoms with Gasteiger partial charge in [0, 0.05) is 22.9 Å². The van der Waals surface area contributed by atoms with E-state index >= 15 is 0 Å². The first-order valence-corrected chi connectivity index (χ1v) is 9.71. The van der Waals surface area contributed by atoms with Crippen LogP contribution < -0.4 is 10.3 Å². The van der Waals surface area contributed by atoms with Crippen molar-refractivity contribution < 1.29 is 32.5 Å². The van der Waals surface area contributed by atoms with Crippen molar-refractivity contribution in [3.8, 4) is 11.4 Å². The molecule has 0 bridgehead atoms. The summed E-state index contributed by atoms with van der Waals surface area (Å²) in [5, 5.41) is 19.8. The third-order valence-electron chi connectivity index (χ3n) is 4.61. The standard InChI is InChI=1S/C21H16BrF4NO4/c1-10-17(16(29)8-28)20(31-9-11-5-6-12(23)7-15(11)26)18(22)21(30)27(10)19-13(24)3-2-4-14(19)25/h2-7,16,28-29H,8-9H2,1H3. The SMILES string of the molecule is Cc1c(C(O)CO)c(OCc2ccc(F)cc2F)c(Br)c(=O)n1-c1c(F)cccc1F. The second-order valence-corrected chi connectivity index (χ2v) is 7.37. The lowest BCUT2D eigenvalue weighted by Crippen LogP contribution is -2.27. The molecule has 0 aliphatic heterocycles. The van der Waals surface area contributed by atoms with E-state index in [0.717, 1.165) is 30.3 Å².